The molecule has 1 aliphatic carbocycles. The van der Waals surface area contributed by atoms with Crippen LogP contribution in [0.25, 0.3) is 0 Å². The standard InChI is InChI=1S/C12H18O4S2.C5H5.C4H4S/c1-7(2)15-10(13)9(11(14)16-8(3)4)12-17-5-6-18-12;2*1-2-4-5-3-1/h7-8H,5-6H2,1-4H3;1-5H;1-4H. The van der Waals surface area contributed by atoms with Crippen LogP contribution in [0.3, 0.4) is 0 Å². The summed E-state index contributed by atoms with van der Waals surface area (Å²) >= 11 is 4.72. The molecule has 1 aromatic heterocycles. The predicted octanol–water partition coefficient (Wildman–Crippen LogP) is 5.65. The van der Waals surface area contributed by atoms with Crippen molar-refractivity contribution in [2.75, 3.05) is 11.5 Å². The van der Waals surface area contributed by atoms with Crippen molar-refractivity contribution in [2.24, 2.45) is 0 Å². The summed E-state index contributed by atoms with van der Waals surface area (Å²) in [6, 6.07) is 4.04. The number of esters is 2. The summed E-state index contributed by atoms with van der Waals surface area (Å²) < 4.78 is 10.9. The van der Waals surface area contributed by atoms with E-state index in [2.05, 4.69) is 0 Å². The average molecular weight is 440 g/mol. The average Bonchev–Trinajstić information content (AvgIpc) is 3.39. The normalized spacial score (nSPS) is 14.3. The zero-order chi connectivity index (χ0) is 20.8. The predicted molar refractivity (Wildman–Crippen MR) is 121 cm³/mol. The van der Waals surface area contributed by atoms with Crippen LogP contribution in [-0.4, -0.2) is 35.7 Å². The molecule has 0 amide bonds. The first kappa shape index (κ1) is 24.6. The highest BCUT2D eigenvalue weighted by atomic mass is 32.2. The number of carbonyl (C=O) groups is 2. The Morgan fingerprint density at radius 3 is 1.57 bits per heavy atom. The van der Waals surface area contributed by atoms with Gasteiger partial charge in [0.05, 0.1) is 16.4 Å². The number of carbonyl (C=O) groups excluding carboxylic acids is 2. The Morgan fingerprint density at radius 1 is 0.821 bits per heavy atom. The number of hydrogen-bond donors (Lipinski definition) is 0. The number of thioether (sulfide) groups is 2. The van der Waals surface area contributed by atoms with Gasteiger partial charge in [-0.15, -0.1) is 23.5 Å². The summed E-state index contributed by atoms with van der Waals surface area (Å²) in [6.07, 6.45) is 9.49. The Hall–Kier alpha value is -1.44. The van der Waals surface area contributed by atoms with Crippen LogP contribution in [0.15, 0.2) is 57.0 Å². The van der Waals surface area contributed by atoms with Gasteiger partial charge in [0.25, 0.3) is 0 Å². The first-order chi connectivity index (χ1) is 13.4. The van der Waals surface area contributed by atoms with Crippen LogP contribution in [0.1, 0.15) is 27.7 Å². The van der Waals surface area contributed by atoms with Gasteiger partial charge >= 0.3 is 11.9 Å². The third-order valence-electron chi connectivity index (χ3n) is 2.83. The van der Waals surface area contributed by atoms with E-state index in [9.17, 15) is 9.59 Å². The van der Waals surface area contributed by atoms with E-state index in [-0.39, 0.29) is 17.8 Å². The molecule has 1 aromatic rings. The number of rotatable bonds is 4. The summed E-state index contributed by atoms with van der Waals surface area (Å²) in [7, 11) is 0. The Bertz CT molecular complexity index is 615. The topological polar surface area (TPSA) is 52.6 Å². The highest BCUT2D eigenvalue weighted by Gasteiger charge is 2.30. The van der Waals surface area contributed by atoms with Crippen molar-refractivity contribution in [1.82, 2.24) is 0 Å². The van der Waals surface area contributed by atoms with Gasteiger partial charge in [-0.25, -0.2) is 9.59 Å². The summed E-state index contributed by atoms with van der Waals surface area (Å²) in [6.45, 7) is 7.01. The van der Waals surface area contributed by atoms with Crippen LogP contribution < -0.4 is 0 Å². The second kappa shape index (κ2) is 14.5. The van der Waals surface area contributed by atoms with Gasteiger partial charge in [-0.05, 0) is 38.5 Å². The lowest BCUT2D eigenvalue weighted by Gasteiger charge is -2.13. The second-order valence-electron chi connectivity index (χ2n) is 6.02. The molecule has 3 rings (SSSR count). The number of thiophene rings is 1. The fraction of sp³-hybridized carbons (Fsp3) is 0.381. The minimum absolute atomic E-state index is 0.0462. The molecule has 0 aromatic carbocycles. The highest BCUT2D eigenvalue weighted by molar-refractivity contribution is 8.25. The molecular formula is C21H27O4S3. The third-order valence-corrected chi connectivity index (χ3v) is 6.17. The molecule has 1 radical (unpaired) electrons. The van der Waals surface area contributed by atoms with E-state index in [1.165, 1.54) is 23.5 Å². The van der Waals surface area contributed by atoms with E-state index in [4.69, 9.17) is 9.47 Å². The molecule has 28 heavy (non-hydrogen) atoms. The fourth-order valence-electron chi connectivity index (χ4n) is 1.80. The summed E-state index contributed by atoms with van der Waals surface area (Å²) in [4.78, 5) is 23.9. The Morgan fingerprint density at radius 2 is 1.29 bits per heavy atom. The fourth-order valence-corrected chi connectivity index (χ4v) is 4.74. The first-order valence-corrected chi connectivity index (χ1v) is 11.9. The molecule has 1 saturated heterocycles. The largest absolute Gasteiger partial charge is 0.459 e. The smallest absolute Gasteiger partial charge is 0.347 e. The van der Waals surface area contributed by atoms with Gasteiger partial charge in [-0.3, -0.25) is 0 Å². The quantitative estimate of drug-likeness (QED) is 0.262. The molecule has 0 unspecified atom stereocenters. The Balaban J connectivity index is 0.000000313. The molecule has 0 spiro atoms. The Labute approximate surface area is 180 Å². The molecule has 2 aliphatic rings. The minimum atomic E-state index is -0.590. The monoisotopic (exact) mass is 439 g/mol. The highest BCUT2D eigenvalue weighted by Crippen LogP contribution is 2.39. The van der Waals surface area contributed by atoms with Crippen molar-refractivity contribution >= 4 is 46.8 Å². The number of ether oxygens (including phenoxy) is 2. The minimum Gasteiger partial charge on any atom is -0.459 e. The van der Waals surface area contributed by atoms with E-state index >= 15 is 0 Å². The maximum Gasteiger partial charge on any atom is 0.347 e. The van der Waals surface area contributed by atoms with Crippen LogP contribution in [0.5, 0.6) is 0 Å². The van der Waals surface area contributed by atoms with Gasteiger partial charge in [0, 0.05) is 17.9 Å². The summed E-state index contributed by atoms with van der Waals surface area (Å²) in [5.41, 5.74) is 0.0462. The van der Waals surface area contributed by atoms with Crippen molar-refractivity contribution in [2.45, 2.75) is 39.9 Å². The third kappa shape index (κ3) is 10.8. The van der Waals surface area contributed by atoms with Gasteiger partial charge in [0.15, 0.2) is 5.57 Å². The van der Waals surface area contributed by atoms with Crippen molar-refractivity contribution < 1.29 is 19.1 Å². The van der Waals surface area contributed by atoms with Crippen molar-refractivity contribution in [3.63, 3.8) is 0 Å². The zero-order valence-corrected chi connectivity index (χ0v) is 19.1. The van der Waals surface area contributed by atoms with Crippen molar-refractivity contribution in [3.05, 3.63) is 63.4 Å². The number of allylic oxidation sites excluding steroid dienone is 4. The van der Waals surface area contributed by atoms with Gasteiger partial charge in [0.1, 0.15) is 0 Å². The SMILES string of the molecule is CC(C)OC(=O)C(C(=O)OC(C)C)=C1SCCS1.[CH]1C=CC=C1.c1ccsc1. The van der Waals surface area contributed by atoms with E-state index in [0.717, 1.165) is 11.5 Å². The van der Waals surface area contributed by atoms with Crippen LogP contribution in [-0.2, 0) is 19.1 Å². The summed E-state index contributed by atoms with van der Waals surface area (Å²) in [5, 5.41) is 4.08. The van der Waals surface area contributed by atoms with Gasteiger partial charge in [-0.1, -0.05) is 36.4 Å². The van der Waals surface area contributed by atoms with Crippen LogP contribution >= 0.6 is 34.9 Å². The van der Waals surface area contributed by atoms with Gasteiger partial charge in [-0.2, -0.15) is 11.3 Å². The lowest BCUT2D eigenvalue weighted by Crippen LogP contribution is -2.23. The van der Waals surface area contributed by atoms with Crippen LogP contribution in [0.2, 0.25) is 0 Å². The van der Waals surface area contributed by atoms with E-state index in [0.29, 0.717) is 4.24 Å². The summed E-state index contributed by atoms with van der Waals surface area (Å²) in [5.74, 6) is 0.612. The number of hydrogen-bond acceptors (Lipinski definition) is 7. The molecule has 1 aliphatic heterocycles. The lowest BCUT2D eigenvalue weighted by molar-refractivity contribution is -0.150. The lowest BCUT2D eigenvalue weighted by atomic mass is 10.3. The molecule has 153 valence electrons. The van der Waals surface area contributed by atoms with Crippen molar-refractivity contribution in [1.29, 1.82) is 0 Å². The van der Waals surface area contributed by atoms with Gasteiger partial charge in [0.2, 0.25) is 0 Å². The van der Waals surface area contributed by atoms with E-state index in [1.54, 1.807) is 39.0 Å². The molecule has 0 bridgehead atoms. The van der Waals surface area contributed by atoms with Crippen molar-refractivity contribution in [3.8, 4) is 0 Å². The van der Waals surface area contributed by atoms with Crippen LogP contribution in [0.4, 0.5) is 0 Å². The maximum atomic E-state index is 12.0. The Kier molecular flexibility index (Phi) is 12.8. The van der Waals surface area contributed by atoms with Crippen LogP contribution in [0, 0.1) is 6.42 Å². The molecule has 1 fully saturated rings. The van der Waals surface area contributed by atoms with E-state index in [1.807, 2.05) is 53.6 Å². The molecule has 2 heterocycles. The zero-order valence-electron chi connectivity index (χ0n) is 16.6. The molecule has 0 saturated carbocycles. The molecule has 0 N–H and O–H groups in total. The second-order valence-corrected chi connectivity index (χ2v) is 9.31. The molecular weight excluding hydrogens is 412 g/mol. The molecule has 7 heteroatoms. The molecule has 4 nitrogen and oxygen atoms in total. The van der Waals surface area contributed by atoms with E-state index < -0.39 is 11.9 Å². The molecule has 0 atom stereocenters. The van der Waals surface area contributed by atoms with Gasteiger partial charge < -0.3 is 9.47 Å². The first-order valence-electron chi connectivity index (χ1n) is 8.97. The maximum absolute atomic E-state index is 12.0.